The van der Waals surface area contributed by atoms with Crippen molar-refractivity contribution in [2.45, 2.75) is 33.1 Å². The molecular weight excluding hydrogens is 236 g/mol. The van der Waals surface area contributed by atoms with Crippen LogP contribution in [-0.2, 0) is 5.41 Å². The summed E-state index contributed by atoms with van der Waals surface area (Å²) in [5.74, 6) is 1.66. The van der Waals surface area contributed by atoms with Crippen molar-refractivity contribution in [2.24, 2.45) is 0 Å². The van der Waals surface area contributed by atoms with Crippen molar-refractivity contribution in [1.82, 2.24) is 20.2 Å². The summed E-state index contributed by atoms with van der Waals surface area (Å²) < 4.78 is 0. The molecule has 0 saturated carbocycles. The van der Waals surface area contributed by atoms with Gasteiger partial charge in [-0.25, -0.2) is 4.98 Å². The van der Waals surface area contributed by atoms with Gasteiger partial charge in [-0.1, -0.05) is 32.4 Å². The monoisotopic (exact) mass is 254 g/mol. The Kier molecular flexibility index (Phi) is 2.49. The highest BCUT2D eigenvalue weighted by atomic mass is 15.2. The van der Waals surface area contributed by atoms with Crippen LogP contribution in [0.1, 0.15) is 32.2 Å². The van der Waals surface area contributed by atoms with Crippen LogP contribution in [0.4, 0.5) is 0 Å². The number of nitrogens with zero attached hydrogens (tertiary/aromatic N) is 2. The minimum absolute atomic E-state index is 0.0206. The zero-order valence-electron chi connectivity index (χ0n) is 11.7. The standard InChI is InChI=1S/C15H18N4/c1-9-5-6-12-10(7-9)11(8-16-12)13-17-14(19-18-13)15(2,3)4/h5-8,16H,1-4H3,(H,17,18,19). The molecule has 0 spiro atoms. The molecule has 2 heterocycles. The fourth-order valence-corrected chi connectivity index (χ4v) is 2.14. The van der Waals surface area contributed by atoms with E-state index in [0.29, 0.717) is 0 Å². The summed E-state index contributed by atoms with van der Waals surface area (Å²) in [7, 11) is 0. The average Bonchev–Trinajstić information content (AvgIpc) is 2.92. The molecule has 0 unspecified atom stereocenters. The summed E-state index contributed by atoms with van der Waals surface area (Å²) in [6.45, 7) is 8.46. The number of fused-ring (bicyclic) bond motifs is 1. The maximum absolute atomic E-state index is 4.62. The second-order valence-corrected chi connectivity index (χ2v) is 6.01. The molecule has 3 aromatic rings. The number of H-pyrrole nitrogens is 2. The van der Waals surface area contributed by atoms with E-state index in [2.05, 4.69) is 66.1 Å². The van der Waals surface area contributed by atoms with Crippen LogP contribution < -0.4 is 0 Å². The summed E-state index contributed by atoms with van der Waals surface area (Å²) >= 11 is 0. The van der Waals surface area contributed by atoms with Gasteiger partial charge in [0.15, 0.2) is 5.82 Å². The zero-order valence-corrected chi connectivity index (χ0v) is 11.7. The van der Waals surface area contributed by atoms with Crippen LogP contribution in [0, 0.1) is 6.92 Å². The van der Waals surface area contributed by atoms with Crippen LogP contribution >= 0.6 is 0 Å². The SMILES string of the molecule is Cc1ccc2[nH]cc(-c3n[nH]c(C(C)(C)C)n3)c2c1. The van der Waals surface area contributed by atoms with Crippen molar-refractivity contribution in [2.75, 3.05) is 0 Å². The van der Waals surface area contributed by atoms with Gasteiger partial charge in [-0.3, -0.25) is 5.10 Å². The molecule has 4 heteroatoms. The van der Waals surface area contributed by atoms with E-state index in [1.54, 1.807) is 0 Å². The van der Waals surface area contributed by atoms with E-state index in [1.807, 2.05) is 6.20 Å². The molecule has 0 aliphatic heterocycles. The molecule has 0 aliphatic rings. The topological polar surface area (TPSA) is 57.4 Å². The Hall–Kier alpha value is -2.10. The van der Waals surface area contributed by atoms with Gasteiger partial charge >= 0.3 is 0 Å². The van der Waals surface area contributed by atoms with Gasteiger partial charge in [0.05, 0.1) is 0 Å². The number of nitrogens with one attached hydrogen (secondary N) is 2. The van der Waals surface area contributed by atoms with Gasteiger partial charge in [0.25, 0.3) is 0 Å². The number of aryl methyl sites for hydroxylation is 1. The highest BCUT2D eigenvalue weighted by molar-refractivity contribution is 5.94. The van der Waals surface area contributed by atoms with Gasteiger partial charge in [0, 0.05) is 28.1 Å². The first-order valence-electron chi connectivity index (χ1n) is 6.46. The lowest BCUT2D eigenvalue weighted by atomic mass is 9.96. The summed E-state index contributed by atoms with van der Waals surface area (Å²) in [6.07, 6.45) is 1.97. The van der Waals surface area contributed by atoms with Crippen LogP contribution in [-0.4, -0.2) is 20.2 Å². The minimum atomic E-state index is -0.0206. The third-order valence-corrected chi connectivity index (χ3v) is 3.27. The van der Waals surface area contributed by atoms with Crippen LogP contribution in [0.25, 0.3) is 22.3 Å². The maximum Gasteiger partial charge on any atom is 0.183 e. The Labute approximate surface area is 112 Å². The lowest BCUT2D eigenvalue weighted by molar-refractivity contribution is 0.548. The lowest BCUT2D eigenvalue weighted by Gasteiger charge is -2.12. The Morgan fingerprint density at radius 2 is 1.95 bits per heavy atom. The van der Waals surface area contributed by atoms with E-state index in [1.165, 1.54) is 10.9 Å². The number of aromatic nitrogens is 4. The average molecular weight is 254 g/mol. The summed E-state index contributed by atoms with van der Waals surface area (Å²) in [6, 6.07) is 6.35. The fourth-order valence-electron chi connectivity index (χ4n) is 2.14. The summed E-state index contributed by atoms with van der Waals surface area (Å²) in [5.41, 5.74) is 3.38. The van der Waals surface area contributed by atoms with Crippen molar-refractivity contribution < 1.29 is 0 Å². The third kappa shape index (κ3) is 2.03. The van der Waals surface area contributed by atoms with Gasteiger partial charge in [0.1, 0.15) is 5.82 Å². The van der Waals surface area contributed by atoms with Crippen LogP contribution in [0.5, 0.6) is 0 Å². The molecule has 4 nitrogen and oxygen atoms in total. The number of rotatable bonds is 1. The molecule has 0 amide bonds. The van der Waals surface area contributed by atoms with E-state index in [9.17, 15) is 0 Å². The number of aromatic amines is 2. The Bertz CT molecular complexity index is 728. The first-order valence-corrected chi connectivity index (χ1v) is 6.46. The molecule has 98 valence electrons. The molecule has 0 bridgehead atoms. The number of hydrogen-bond acceptors (Lipinski definition) is 2. The van der Waals surface area contributed by atoms with Gasteiger partial charge in [-0.2, -0.15) is 5.10 Å². The van der Waals surface area contributed by atoms with E-state index in [-0.39, 0.29) is 5.41 Å². The van der Waals surface area contributed by atoms with Gasteiger partial charge in [-0.05, 0) is 19.1 Å². The predicted molar refractivity (Wildman–Crippen MR) is 77.1 cm³/mol. The second kappa shape index (κ2) is 3.95. The summed E-state index contributed by atoms with van der Waals surface area (Å²) in [5, 5.41) is 8.55. The van der Waals surface area contributed by atoms with E-state index in [0.717, 1.165) is 22.7 Å². The zero-order chi connectivity index (χ0) is 13.6. The van der Waals surface area contributed by atoms with Crippen LogP contribution in [0.15, 0.2) is 24.4 Å². The van der Waals surface area contributed by atoms with E-state index < -0.39 is 0 Å². The van der Waals surface area contributed by atoms with Gasteiger partial charge in [0.2, 0.25) is 0 Å². The molecule has 3 rings (SSSR count). The van der Waals surface area contributed by atoms with Crippen LogP contribution in [0.3, 0.4) is 0 Å². The predicted octanol–water partition coefficient (Wildman–Crippen LogP) is 3.56. The lowest BCUT2D eigenvalue weighted by Crippen LogP contribution is -2.13. The minimum Gasteiger partial charge on any atom is -0.360 e. The van der Waals surface area contributed by atoms with Gasteiger partial charge < -0.3 is 4.98 Å². The Balaban J connectivity index is 2.14. The van der Waals surface area contributed by atoms with Gasteiger partial charge in [-0.15, -0.1) is 0 Å². The van der Waals surface area contributed by atoms with Crippen molar-refractivity contribution >= 4 is 10.9 Å². The smallest absolute Gasteiger partial charge is 0.183 e. The number of benzene rings is 1. The molecule has 2 aromatic heterocycles. The molecule has 0 aliphatic carbocycles. The molecular formula is C15H18N4. The van der Waals surface area contributed by atoms with Crippen molar-refractivity contribution in [3.63, 3.8) is 0 Å². The van der Waals surface area contributed by atoms with E-state index >= 15 is 0 Å². The van der Waals surface area contributed by atoms with Crippen molar-refractivity contribution in [3.05, 3.63) is 35.8 Å². The second-order valence-electron chi connectivity index (χ2n) is 6.01. The molecule has 0 radical (unpaired) electrons. The molecule has 19 heavy (non-hydrogen) atoms. The third-order valence-electron chi connectivity index (χ3n) is 3.27. The van der Waals surface area contributed by atoms with E-state index in [4.69, 9.17) is 0 Å². The molecule has 0 saturated heterocycles. The highest BCUT2D eigenvalue weighted by Crippen LogP contribution is 2.28. The Morgan fingerprint density at radius 1 is 1.16 bits per heavy atom. The first-order chi connectivity index (χ1) is 8.95. The summed E-state index contributed by atoms with van der Waals surface area (Å²) in [4.78, 5) is 7.89. The first kappa shape index (κ1) is 12.0. The fraction of sp³-hybridized carbons (Fsp3) is 0.333. The normalized spacial score (nSPS) is 12.2. The van der Waals surface area contributed by atoms with Crippen LogP contribution in [0.2, 0.25) is 0 Å². The molecule has 0 atom stereocenters. The molecule has 2 N–H and O–H groups in total. The van der Waals surface area contributed by atoms with Crippen molar-refractivity contribution in [1.29, 1.82) is 0 Å². The largest absolute Gasteiger partial charge is 0.360 e. The molecule has 0 fully saturated rings. The molecule has 1 aromatic carbocycles. The Morgan fingerprint density at radius 3 is 2.63 bits per heavy atom. The maximum atomic E-state index is 4.62. The number of hydrogen-bond donors (Lipinski definition) is 2. The highest BCUT2D eigenvalue weighted by Gasteiger charge is 2.20. The van der Waals surface area contributed by atoms with Crippen molar-refractivity contribution in [3.8, 4) is 11.4 Å². The quantitative estimate of drug-likeness (QED) is 0.697.